The zero-order valence-electron chi connectivity index (χ0n) is 6.34. The maximum Gasteiger partial charge on any atom is 0.129 e. The highest BCUT2D eigenvalue weighted by Crippen LogP contribution is 2.10. The lowest BCUT2D eigenvalue weighted by Gasteiger charge is -2.00. The fourth-order valence-electron chi connectivity index (χ4n) is 0.883. The summed E-state index contributed by atoms with van der Waals surface area (Å²) >= 11 is 5.69. The summed E-state index contributed by atoms with van der Waals surface area (Å²) in [4.78, 5) is 4.05. The van der Waals surface area contributed by atoms with E-state index in [1.54, 1.807) is 6.07 Å². The molecular weight excluding hydrogens is 162 g/mol. The number of aryl methyl sites for hydroxylation is 1. The Morgan fingerprint density at radius 2 is 2.27 bits per heavy atom. The summed E-state index contributed by atoms with van der Waals surface area (Å²) in [6.07, 6.45) is 0.841. The predicted molar refractivity (Wildman–Crippen MR) is 44.5 cm³/mol. The maximum atomic E-state index is 8.80. The summed E-state index contributed by atoms with van der Waals surface area (Å²) < 4.78 is 0. The van der Waals surface area contributed by atoms with Crippen LogP contribution in [0.5, 0.6) is 0 Å². The molecule has 0 saturated carbocycles. The second kappa shape index (κ2) is 3.69. The van der Waals surface area contributed by atoms with Crippen molar-refractivity contribution in [2.75, 3.05) is 0 Å². The van der Waals surface area contributed by atoms with Gasteiger partial charge in [-0.3, -0.25) is 0 Å². The second-order valence-electron chi connectivity index (χ2n) is 2.30. The van der Waals surface area contributed by atoms with E-state index in [-0.39, 0.29) is 6.61 Å². The molecule has 0 amide bonds. The lowest BCUT2D eigenvalue weighted by molar-refractivity contribution is 0.281. The van der Waals surface area contributed by atoms with Crippen LogP contribution in [0.25, 0.3) is 0 Å². The van der Waals surface area contributed by atoms with E-state index >= 15 is 0 Å². The minimum Gasteiger partial charge on any atom is -0.392 e. The fraction of sp³-hybridized carbons (Fsp3) is 0.375. The SMILES string of the molecule is CCc1cc(CO)cc(Cl)n1. The van der Waals surface area contributed by atoms with E-state index in [0.717, 1.165) is 17.7 Å². The molecule has 0 saturated heterocycles. The summed E-state index contributed by atoms with van der Waals surface area (Å²) in [6, 6.07) is 3.52. The molecule has 0 fully saturated rings. The number of hydrogen-bond acceptors (Lipinski definition) is 2. The standard InChI is InChI=1S/C8H10ClNO/c1-2-7-3-6(5-11)4-8(9)10-7/h3-4,11H,2,5H2,1H3. The van der Waals surface area contributed by atoms with Gasteiger partial charge in [-0.2, -0.15) is 0 Å². The molecular formula is C8H10ClNO. The Morgan fingerprint density at radius 3 is 2.82 bits per heavy atom. The molecule has 0 spiro atoms. The van der Waals surface area contributed by atoms with Crippen LogP contribution in [0.1, 0.15) is 18.2 Å². The van der Waals surface area contributed by atoms with E-state index in [4.69, 9.17) is 16.7 Å². The topological polar surface area (TPSA) is 33.1 Å². The van der Waals surface area contributed by atoms with Crippen molar-refractivity contribution in [2.24, 2.45) is 0 Å². The first-order valence-electron chi connectivity index (χ1n) is 3.52. The average molecular weight is 172 g/mol. The van der Waals surface area contributed by atoms with E-state index in [1.165, 1.54) is 0 Å². The Morgan fingerprint density at radius 1 is 1.55 bits per heavy atom. The van der Waals surface area contributed by atoms with Crippen LogP contribution in [0.15, 0.2) is 12.1 Å². The van der Waals surface area contributed by atoms with Crippen molar-refractivity contribution in [1.82, 2.24) is 4.98 Å². The largest absolute Gasteiger partial charge is 0.392 e. The summed E-state index contributed by atoms with van der Waals surface area (Å²) in [5, 5.41) is 9.25. The van der Waals surface area contributed by atoms with Gasteiger partial charge in [0.2, 0.25) is 0 Å². The van der Waals surface area contributed by atoms with Crippen LogP contribution in [0.2, 0.25) is 5.15 Å². The molecule has 3 heteroatoms. The Labute approximate surface area is 70.8 Å². The van der Waals surface area contributed by atoms with E-state index in [9.17, 15) is 0 Å². The molecule has 1 N–H and O–H groups in total. The van der Waals surface area contributed by atoms with Crippen molar-refractivity contribution in [3.8, 4) is 0 Å². The first-order chi connectivity index (χ1) is 5.26. The Bertz CT molecular complexity index is 228. The summed E-state index contributed by atoms with van der Waals surface area (Å²) in [5.74, 6) is 0. The van der Waals surface area contributed by atoms with Crippen LogP contribution < -0.4 is 0 Å². The average Bonchev–Trinajstić information content (AvgIpc) is 2.03. The third kappa shape index (κ3) is 2.17. The first kappa shape index (κ1) is 8.50. The maximum absolute atomic E-state index is 8.80. The quantitative estimate of drug-likeness (QED) is 0.689. The van der Waals surface area contributed by atoms with Crippen LogP contribution >= 0.6 is 11.6 Å². The third-order valence-corrected chi connectivity index (χ3v) is 1.65. The molecule has 2 nitrogen and oxygen atoms in total. The van der Waals surface area contributed by atoms with Crippen molar-refractivity contribution in [3.05, 3.63) is 28.5 Å². The van der Waals surface area contributed by atoms with Gasteiger partial charge in [0.05, 0.1) is 6.61 Å². The number of rotatable bonds is 2. The second-order valence-corrected chi connectivity index (χ2v) is 2.69. The number of hydrogen-bond donors (Lipinski definition) is 1. The van der Waals surface area contributed by atoms with Crippen LogP contribution in [-0.4, -0.2) is 10.1 Å². The highest BCUT2D eigenvalue weighted by atomic mass is 35.5. The summed E-state index contributed by atoms with van der Waals surface area (Å²) in [5.41, 5.74) is 1.74. The van der Waals surface area contributed by atoms with E-state index in [2.05, 4.69) is 4.98 Å². The molecule has 1 aromatic heterocycles. The number of aliphatic hydroxyl groups excluding tert-OH is 1. The molecule has 1 rings (SSSR count). The van der Waals surface area contributed by atoms with Gasteiger partial charge in [0.1, 0.15) is 5.15 Å². The predicted octanol–water partition coefficient (Wildman–Crippen LogP) is 1.79. The Kier molecular flexibility index (Phi) is 2.85. The molecule has 0 aliphatic heterocycles. The van der Waals surface area contributed by atoms with Crippen molar-refractivity contribution in [3.63, 3.8) is 0 Å². The molecule has 0 atom stereocenters. The normalized spacial score (nSPS) is 10.1. The van der Waals surface area contributed by atoms with Crippen molar-refractivity contribution in [2.45, 2.75) is 20.0 Å². The molecule has 1 aromatic rings. The van der Waals surface area contributed by atoms with Gasteiger partial charge < -0.3 is 5.11 Å². The zero-order chi connectivity index (χ0) is 8.27. The van der Waals surface area contributed by atoms with E-state index in [1.807, 2.05) is 13.0 Å². The Balaban J connectivity index is 3.02. The molecule has 11 heavy (non-hydrogen) atoms. The summed E-state index contributed by atoms with van der Waals surface area (Å²) in [7, 11) is 0. The van der Waals surface area contributed by atoms with Gasteiger partial charge >= 0.3 is 0 Å². The van der Waals surface area contributed by atoms with E-state index in [0.29, 0.717) is 5.15 Å². The van der Waals surface area contributed by atoms with Gasteiger partial charge in [-0.1, -0.05) is 18.5 Å². The first-order valence-corrected chi connectivity index (χ1v) is 3.90. The molecule has 0 radical (unpaired) electrons. The Hall–Kier alpha value is -0.600. The van der Waals surface area contributed by atoms with Crippen LogP contribution in [-0.2, 0) is 13.0 Å². The number of pyridine rings is 1. The van der Waals surface area contributed by atoms with Crippen LogP contribution in [0.4, 0.5) is 0 Å². The molecule has 0 aliphatic rings. The summed E-state index contributed by atoms with van der Waals surface area (Å²) in [6.45, 7) is 2.02. The fourth-order valence-corrected chi connectivity index (χ4v) is 1.13. The molecule has 1 heterocycles. The number of aliphatic hydroxyl groups is 1. The van der Waals surface area contributed by atoms with Gasteiger partial charge in [0, 0.05) is 5.69 Å². The highest BCUT2D eigenvalue weighted by Gasteiger charge is 1.97. The number of halogens is 1. The lowest BCUT2D eigenvalue weighted by Crippen LogP contribution is -1.91. The molecule has 60 valence electrons. The molecule has 0 bridgehead atoms. The lowest BCUT2D eigenvalue weighted by atomic mass is 10.2. The monoisotopic (exact) mass is 171 g/mol. The molecule has 0 aromatic carbocycles. The smallest absolute Gasteiger partial charge is 0.129 e. The highest BCUT2D eigenvalue weighted by molar-refractivity contribution is 6.29. The van der Waals surface area contributed by atoms with Crippen molar-refractivity contribution < 1.29 is 5.11 Å². The van der Waals surface area contributed by atoms with Crippen molar-refractivity contribution >= 4 is 11.6 Å². The van der Waals surface area contributed by atoms with Gasteiger partial charge in [-0.05, 0) is 24.1 Å². The van der Waals surface area contributed by atoms with E-state index < -0.39 is 0 Å². The number of aromatic nitrogens is 1. The zero-order valence-corrected chi connectivity index (χ0v) is 7.10. The van der Waals surface area contributed by atoms with Crippen molar-refractivity contribution in [1.29, 1.82) is 0 Å². The van der Waals surface area contributed by atoms with Gasteiger partial charge in [-0.25, -0.2) is 4.98 Å². The molecule has 0 aliphatic carbocycles. The van der Waals surface area contributed by atoms with Gasteiger partial charge in [-0.15, -0.1) is 0 Å². The number of nitrogens with zero attached hydrogens (tertiary/aromatic N) is 1. The third-order valence-electron chi connectivity index (χ3n) is 1.45. The van der Waals surface area contributed by atoms with Crippen LogP contribution in [0.3, 0.4) is 0 Å². The molecule has 0 unspecified atom stereocenters. The minimum atomic E-state index is 0.0231. The minimum absolute atomic E-state index is 0.0231. The van der Waals surface area contributed by atoms with Crippen LogP contribution in [0, 0.1) is 0 Å². The van der Waals surface area contributed by atoms with Gasteiger partial charge in [0.15, 0.2) is 0 Å². The van der Waals surface area contributed by atoms with Gasteiger partial charge in [0.25, 0.3) is 0 Å².